The van der Waals surface area contributed by atoms with Crippen molar-refractivity contribution in [2.75, 3.05) is 31.5 Å². The van der Waals surface area contributed by atoms with Gasteiger partial charge in [-0.3, -0.25) is 9.69 Å². The third kappa shape index (κ3) is 5.42. The van der Waals surface area contributed by atoms with Crippen LogP contribution in [0.4, 0.5) is 5.69 Å². The molecular weight excluding hydrogens is 401 g/mol. The number of carbonyl (C=O) groups excluding carboxylic acids is 1. The Balaban J connectivity index is 1.50. The van der Waals surface area contributed by atoms with Crippen LogP contribution in [0.25, 0.3) is 0 Å². The lowest BCUT2D eigenvalue weighted by Gasteiger charge is -2.36. The third-order valence-electron chi connectivity index (χ3n) is 4.61. The molecule has 1 N–H and O–H groups in total. The molecule has 2 aromatic rings. The molecule has 7 heteroatoms. The Hall–Kier alpha value is -1.66. The van der Waals surface area contributed by atoms with Crippen LogP contribution in [0.15, 0.2) is 42.5 Å². The first-order valence-electron chi connectivity index (χ1n) is 8.75. The minimum absolute atomic E-state index is 0.0565. The summed E-state index contributed by atoms with van der Waals surface area (Å²) in [5.74, 6) is 0.0565. The molecule has 1 saturated heterocycles. The van der Waals surface area contributed by atoms with Crippen molar-refractivity contribution in [3.05, 3.63) is 63.6 Å². The maximum absolute atomic E-state index is 11.4. The molecule has 0 bridgehead atoms. The number of nitrogens with zero attached hydrogens (tertiary/aromatic N) is 2. The van der Waals surface area contributed by atoms with Crippen molar-refractivity contribution in [2.45, 2.75) is 13.5 Å². The van der Waals surface area contributed by atoms with Gasteiger partial charge < -0.3 is 10.2 Å². The van der Waals surface area contributed by atoms with E-state index in [4.69, 9.17) is 35.4 Å². The highest BCUT2D eigenvalue weighted by Crippen LogP contribution is 2.23. The molecule has 0 atom stereocenters. The maximum Gasteiger partial charge on any atom is 0.173 e. The first kappa shape index (κ1) is 20.1. The summed E-state index contributed by atoms with van der Waals surface area (Å²) in [7, 11) is 0. The summed E-state index contributed by atoms with van der Waals surface area (Å²) in [5.41, 5.74) is 2.67. The standard InChI is InChI=1S/C20H21Cl2N3OS/c1-14(26)15-3-6-18(7-4-15)23-20(27)25-10-8-24(9-11-25)13-16-2-5-17(21)12-19(16)22/h2-7,12H,8-11,13H2,1H3,(H,23,27). The molecule has 0 spiro atoms. The Morgan fingerprint density at radius 2 is 1.74 bits per heavy atom. The van der Waals surface area contributed by atoms with E-state index in [0.29, 0.717) is 20.7 Å². The van der Waals surface area contributed by atoms with Crippen LogP contribution >= 0.6 is 35.4 Å². The number of ketones is 1. The average molecular weight is 422 g/mol. The number of piperazine rings is 1. The van der Waals surface area contributed by atoms with E-state index in [0.717, 1.165) is 44.0 Å². The van der Waals surface area contributed by atoms with Gasteiger partial charge in [0.1, 0.15) is 0 Å². The fraction of sp³-hybridized carbons (Fsp3) is 0.300. The van der Waals surface area contributed by atoms with Gasteiger partial charge in [0.25, 0.3) is 0 Å². The number of carbonyl (C=O) groups is 1. The lowest BCUT2D eigenvalue weighted by atomic mass is 10.1. The zero-order valence-corrected chi connectivity index (χ0v) is 17.4. The van der Waals surface area contributed by atoms with Gasteiger partial charge in [0.15, 0.2) is 10.9 Å². The molecule has 1 fully saturated rings. The second kappa shape index (κ2) is 9.02. The molecule has 0 saturated carbocycles. The number of hydrogen-bond acceptors (Lipinski definition) is 3. The van der Waals surface area contributed by atoms with E-state index in [1.807, 2.05) is 24.3 Å². The minimum Gasteiger partial charge on any atom is -0.346 e. The van der Waals surface area contributed by atoms with Crippen molar-refractivity contribution in [1.29, 1.82) is 0 Å². The van der Waals surface area contributed by atoms with Crippen LogP contribution in [0, 0.1) is 0 Å². The van der Waals surface area contributed by atoms with Crippen LogP contribution in [-0.4, -0.2) is 46.9 Å². The molecule has 1 aliphatic rings. The molecule has 0 aromatic heterocycles. The maximum atomic E-state index is 11.4. The van der Waals surface area contributed by atoms with Gasteiger partial charge in [-0.25, -0.2) is 0 Å². The molecular formula is C20H21Cl2N3OS. The topological polar surface area (TPSA) is 35.6 Å². The number of benzene rings is 2. The predicted octanol–water partition coefficient (Wildman–Crippen LogP) is 4.71. The van der Waals surface area contributed by atoms with Crippen molar-refractivity contribution in [2.24, 2.45) is 0 Å². The van der Waals surface area contributed by atoms with Crippen molar-refractivity contribution in [1.82, 2.24) is 9.80 Å². The number of anilines is 1. The fourth-order valence-electron chi connectivity index (χ4n) is 2.99. The first-order chi connectivity index (χ1) is 12.9. The van der Waals surface area contributed by atoms with Gasteiger partial charge in [-0.2, -0.15) is 0 Å². The molecule has 2 aromatic carbocycles. The number of halogens is 2. The largest absolute Gasteiger partial charge is 0.346 e. The van der Waals surface area contributed by atoms with Crippen LogP contribution in [0.3, 0.4) is 0 Å². The number of hydrogen-bond donors (Lipinski definition) is 1. The van der Waals surface area contributed by atoms with Gasteiger partial charge in [0.2, 0.25) is 0 Å². The lowest BCUT2D eigenvalue weighted by Crippen LogP contribution is -2.49. The number of thiocarbonyl (C=S) groups is 1. The molecule has 0 aliphatic carbocycles. The van der Waals surface area contributed by atoms with Gasteiger partial charge in [0.05, 0.1) is 0 Å². The van der Waals surface area contributed by atoms with Crippen LogP contribution in [0.2, 0.25) is 10.0 Å². The number of nitrogens with one attached hydrogen (secondary N) is 1. The van der Waals surface area contributed by atoms with Gasteiger partial charge >= 0.3 is 0 Å². The van der Waals surface area contributed by atoms with Gasteiger partial charge in [-0.05, 0) is 61.1 Å². The van der Waals surface area contributed by atoms with Crippen molar-refractivity contribution in [3.8, 4) is 0 Å². The van der Waals surface area contributed by atoms with Gasteiger partial charge in [0, 0.05) is 54.0 Å². The molecule has 4 nitrogen and oxygen atoms in total. The zero-order valence-electron chi connectivity index (χ0n) is 15.0. The van der Waals surface area contributed by atoms with E-state index in [9.17, 15) is 4.79 Å². The molecule has 0 radical (unpaired) electrons. The second-order valence-electron chi connectivity index (χ2n) is 6.56. The normalized spacial score (nSPS) is 14.9. The Morgan fingerprint density at radius 1 is 1.07 bits per heavy atom. The van der Waals surface area contributed by atoms with Crippen molar-refractivity contribution >= 4 is 52.0 Å². The quantitative estimate of drug-likeness (QED) is 0.571. The summed E-state index contributed by atoms with van der Waals surface area (Å²) in [6.07, 6.45) is 0. The fourth-order valence-corrected chi connectivity index (χ4v) is 3.76. The molecule has 3 rings (SSSR count). The first-order valence-corrected chi connectivity index (χ1v) is 9.92. The van der Waals surface area contributed by atoms with Crippen molar-refractivity contribution < 1.29 is 4.79 Å². The summed E-state index contributed by atoms with van der Waals surface area (Å²) in [6.45, 7) is 5.87. The van der Waals surface area contributed by atoms with Crippen molar-refractivity contribution in [3.63, 3.8) is 0 Å². The van der Waals surface area contributed by atoms with E-state index in [1.54, 1.807) is 25.1 Å². The molecule has 1 aliphatic heterocycles. The highest BCUT2D eigenvalue weighted by Gasteiger charge is 2.19. The summed E-state index contributed by atoms with van der Waals surface area (Å²) < 4.78 is 0. The highest BCUT2D eigenvalue weighted by molar-refractivity contribution is 7.80. The average Bonchev–Trinajstić information content (AvgIpc) is 2.65. The number of rotatable bonds is 4. The lowest BCUT2D eigenvalue weighted by molar-refractivity contribution is 0.101. The van der Waals surface area contributed by atoms with Crippen LogP contribution in [-0.2, 0) is 6.54 Å². The molecule has 1 heterocycles. The molecule has 0 amide bonds. The third-order valence-corrected chi connectivity index (χ3v) is 5.56. The predicted molar refractivity (Wildman–Crippen MR) is 116 cm³/mol. The Labute approximate surface area is 175 Å². The van der Waals surface area contributed by atoms with Gasteiger partial charge in [-0.15, -0.1) is 0 Å². The van der Waals surface area contributed by atoms with E-state index in [2.05, 4.69) is 15.1 Å². The summed E-state index contributed by atoms with van der Waals surface area (Å²) >= 11 is 17.8. The van der Waals surface area contributed by atoms with Crippen LogP contribution in [0.5, 0.6) is 0 Å². The van der Waals surface area contributed by atoms with E-state index in [1.165, 1.54) is 0 Å². The van der Waals surface area contributed by atoms with Crippen LogP contribution < -0.4 is 5.32 Å². The second-order valence-corrected chi connectivity index (χ2v) is 7.79. The van der Waals surface area contributed by atoms with E-state index in [-0.39, 0.29) is 5.78 Å². The Bertz CT molecular complexity index is 834. The monoisotopic (exact) mass is 421 g/mol. The summed E-state index contributed by atoms with van der Waals surface area (Å²) in [6, 6.07) is 13.0. The smallest absolute Gasteiger partial charge is 0.173 e. The zero-order chi connectivity index (χ0) is 19.4. The SMILES string of the molecule is CC(=O)c1ccc(NC(=S)N2CCN(Cc3ccc(Cl)cc3Cl)CC2)cc1. The summed E-state index contributed by atoms with van der Waals surface area (Å²) in [4.78, 5) is 15.9. The van der Waals surface area contributed by atoms with E-state index >= 15 is 0 Å². The molecule has 27 heavy (non-hydrogen) atoms. The van der Waals surface area contributed by atoms with E-state index < -0.39 is 0 Å². The van der Waals surface area contributed by atoms with Crippen LogP contribution in [0.1, 0.15) is 22.8 Å². The highest BCUT2D eigenvalue weighted by atomic mass is 35.5. The summed E-state index contributed by atoms with van der Waals surface area (Å²) in [5, 5.41) is 5.31. The number of Topliss-reactive ketones (excluding diaryl/α,β-unsaturated/α-hetero) is 1. The Morgan fingerprint density at radius 3 is 2.33 bits per heavy atom. The molecule has 142 valence electrons. The Kier molecular flexibility index (Phi) is 6.71. The van der Waals surface area contributed by atoms with Gasteiger partial charge in [-0.1, -0.05) is 29.3 Å². The minimum atomic E-state index is 0.0565. The molecule has 0 unspecified atom stereocenters.